The van der Waals surface area contributed by atoms with Crippen LogP contribution in [0.15, 0.2) is 24.4 Å². The number of nitrogens with one attached hydrogen (secondary N) is 1. The van der Waals surface area contributed by atoms with E-state index in [0.717, 1.165) is 17.7 Å². The first-order valence-electron chi connectivity index (χ1n) is 6.67. The van der Waals surface area contributed by atoms with Crippen molar-refractivity contribution >= 4 is 10.9 Å². The van der Waals surface area contributed by atoms with Crippen LogP contribution in [-0.4, -0.2) is 18.1 Å². The van der Waals surface area contributed by atoms with Gasteiger partial charge in [0.2, 0.25) is 0 Å². The lowest BCUT2D eigenvalue weighted by molar-refractivity contribution is 0.415. The summed E-state index contributed by atoms with van der Waals surface area (Å²) in [6, 6.07) is 6.59. The zero-order valence-electron chi connectivity index (χ0n) is 10.8. The van der Waals surface area contributed by atoms with Crippen LogP contribution in [0.1, 0.15) is 24.8 Å². The van der Waals surface area contributed by atoms with Crippen molar-refractivity contribution in [3.8, 4) is 5.75 Å². The van der Waals surface area contributed by atoms with Crippen LogP contribution in [-0.2, 0) is 6.42 Å². The van der Waals surface area contributed by atoms with Crippen molar-refractivity contribution in [2.24, 2.45) is 11.7 Å². The van der Waals surface area contributed by atoms with E-state index in [9.17, 15) is 0 Å². The first kappa shape index (κ1) is 11.6. The van der Waals surface area contributed by atoms with Crippen molar-refractivity contribution < 1.29 is 4.74 Å². The molecule has 1 aliphatic rings. The maximum atomic E-state index is 6.16. The number of aromatic nitrogens is 1. The fourth-order valence-corrected chi connectivity index (χ4v) is 3.06. The Bertz CT molecular complexity index is 546. The van der Waals surface area contributed by atoms with Crippen LogP contribution in [0.3, 0.4) is 0 Å². The van der Waals surface area contributed by atoms with Crippen molar-refractivity contribution in [1.82, 2.24) is 4.98 Å². The molecule has 0 saturated heterocycles. The fraction of sp³-hybridized carbons (Fsp3) is 0.467. The van der Waals surface area contributed by atoms with Gasteiger partial charge in [0.15, 0.2) is 0 Å². The molecule has 1 aromatic carbocycles. The average Bonchev–Trinajstić information content (AvgIpc) is 2.97. The summed E-state index contributed by atoms with van der Waals surface area (Å²) in [5.41, 5.74) is 8.69. The fourth-order valence-electron chi connectivity index (χ4n) is 3.06. The molecule has 2 unspecified atom stereocenters. The Morgan fingerprint density at radius 3 is 3.00 bits per heavy atom. The van der Waals surface area contributed by atoms with Crippen LogP contribution >= 0.6 is 0 Å². The number of nitrogens with two attached hydrogens (primary N) is 1. The molecular weight excluding hydrogens is 224 g/mol. The highest BCUT2D eigenvalue weighted by atomic mass is 16.5. The standard InChI is InChI=1S/C15H20N2O/c1-18-12-5-6-13-11(9-17-15(13)8-12)7-10-3-2-4-14(10)16/h5-6,8-10,14,17H,2-4,7,16H2,1H3. The van der Waals surface area contributed by atoms with E-state index < -0.39 is 0 Å². The van der Waals surface area contributed by atoms with Gasteiger partial charge >= 0.3 is 0 Å². The summed E-state index contributed by atoms with van der Waals surface area (Å²) in [6.45, 7) is 0. The van der Waals surface area contributed by atoms with Crippen molar-refractivity contribution in [2.75, 3.05) is 7.11 Å². The summed E-state index contributed by atoms with van der Waals surface area (Å²) in [5, 5.41) is 1.30. The minimum atomic E-state index is 0.383. The van der Waals surface area contributed by atoms with Gasteiger partial charge in [-0.2, -0.15) is 0 Å². The van der Waals surface area contributed by atoms with Crippen molar-refractivity contribution in [2.45, 2.75) is 31.7 Å². The van der Waals surface area contributed by atoms with E-state index in [1.807, 2.05) is 12.1 Å². The topological polar surface area (TPSA) is 51.0 Å². The third-order valence-corrected chi connectivity index (χ3v) is 4.17. The number of hydrogen-bond acceptors (Lipinski definition) is 2. The number of aromatic amines is 1. The molecule has 18 heavy (non-hydrogen) atoms. The Morgan fingerprint density at radius 1 is 1.39 bits per heavy atom. The Balaban J connectivity index is 1.88. The molecule has 0 aliphatic heterocycles. The molecule has 1 heterocycles. The van der Waals surface area contributed by atoms with Gasteiger partial charge in [0.25, 0.3) is 0 Å². The molecule has 3 nitrogen and oxygen atoms in total. The van der Waals surface area contributed by atoms with Gasteiger partial charge in [-0.25, -0.2) is 0 Å². The summed E-state index contributed by atoms with van der Waals surface area (Å²) >= 11 is 0. The van der Waals surface area contributed by atoms with Crippen molar-refractivity contribution in [3.05, 3.63) is 30.0 Å². The quantitative estimate of drug-likeness (QED) is 0.872. The minimum Gasteiger partial charge on any atom is -0.497 e. The number of hydrogen-bond donors (Lipinski definition) is 2. The molecular formula is C15H20N2O. The summed E-state index contributed by atoms with van der Waals surface area (Å²) in [4.78, 5) is 3.33. The number of methoxy groups -OCH3 is 1. The molecule has 1 saturated carbocycles. The zero-order valence-corrected chi connectivity index (χ0v) is 10.8. The summed E-state index contributed by atoms with van der Waals surface area (Å²) in [7, 11) is 1.70. The summed E-state index contributed by atoms with van der Waals surface area (Å²) < 4.78 is 5.24. The molecule has 0 spiro atoms. The Kier molecular flexibility index (Phi) is 3.00. The molecule has 1 fully saturated rings. The predicted octanol–water partition coefficient (Wildman–Crippen LogP) is 2.85. The molecule has 2 aromatic rings. The number of benzene rings is 1. The lowest BCUT2D eigenvalue weighted by atomic mass is 9.95. The molecule has 3 N–H and O–H groups in total. The second-order valence-electron chi connectivity index (χ2n) is 5.28. The van der Waals surface area contributed by atoms with Crippen LogP contribution in [0, 0.1) is 5.92 Å². The molecule has 3 heteroatoms. The highest BCUT2D eigenvalue weighted by Crippen LogP contribution is 2.31. The van der Waals surface area contributed by atoms with E-state index in [1.165, 1.54) is 30.2 Å². The molecule has 0 bridgehead atoms. The maximum absolute atomic E-state index is 6.16. The van der Waals surface area contributed by atoms with Gasteiger partial charge in [0, 0.05) is 29.2 Å². The van der Waals surface area contributed by atoms with E-state index in [-0.39, 0.29) is 0 Å². The first-order chi connectivity index (χ1) is 8.78. The monoisotopic (exact) mass is 244 g/mol. The van der Waals surface area contributed by atoms with Crippen molar-refractivity contribution in [1.29, 1.82) is 0 Å². The number of fused-ring (bicyclic) bond motifs is 1. The minimum absolute atomic E-state index is 0.383. The van der Waals surface area contributed by atoms with Crippen LogP contribution in [0.4, 0.5) is 0 Å². The zero-order chi connectivity index (χ0) is 12.5. The Labute approximate surface area is 107 Å². The molecule has 1 aromatic heterocycles. The molecule has 3 rings (SSSR count). The molecule has 0 radical (unpaired) electrons. The highest BCUT2D eigenvalue weighted by Gasteiger charge is 2.24. The molecule has 1 aliphatic carbocycles. The second kappa shape index (κ2) is 4.65. The summed E-state index contributed by atoms with van der Waals surface area (Å²) in [5.74, 6) is 1.54. The highest BCUT2D eigenvalue weighted by molar-refractivity contribution is 5.84. The average molecular weight is 244 g/mol. The van der Waals surface area contributed by atoms with Gasteiger partial charge in [0.05, 0.1) is 7.11 Å². The SMILES string of the molecule is COc1ccc2c(CC3CCCC3N)c[nH]c2c1. The lowest BCUT2D eigenvalue weighted by Crippen LogP contribution is -2.25. The van der Waals surface area contributed by atoms with Gasteiger partial charge < -0.3 is 15.5 Å². The third kappa shape index (κ3) is 1.99. The van der Waals surface area contributed by atoms with Crippen LogP contribution in [0.2, 0.25) is 0 Å². The van der Waals surface area contributed by atoms with Gasteiger partial charge in [0.1, 0.15) is 5.75 Å². The summed E-state index contributed by atoms with van der Waals surface area (Å²) in [6.07, 6.45) is 6.94. The normalized spacial score (nSPS) is 23.7. The smallest absolute Gasteiger partial charge is 0.120 e. The first-order valence-corrected chi connectivity index (χ1v) is 6.67. The van der Waals surface area contributed by atoms with E-state index >= 15 is 0 Å². The largest absolute Gasteiger partial charge is 0.497 e. The van der Waals surface area contributed by atoms with E-state index in [1.54, 1.807) is 7.11 Å². The number of rotatable bonds is 3. The lowest BCUT2D eigenvalue weighted by Gasteiger charge is -2.14. The van der Waals surface area contributed by atoms with Gasteiger partial charge in [-0.15, -0.1) is 0 Å². The van der Waals surface area contributed by atoms with E-state index in [4.69, 9.17) is 10.5 Å². The van der Waals surface area contributed by atoms with Crippen LogP contribution in [0.25, 0.3) is 10.9 Å². The van der Waals surface area contributed by atoms with Crippen LogP contribution < -0.4 is 10.5 Å². The molecule has 96 valence electrons. The second-order valence-corrected chi connectivity index (χ2v) is 5.28. The van der Waals surface area contributed by atoms with Crippen molar-refractivity contribution in [3.63, 3.8) is 0 Å². The Morgan fingerprint density at radius 2 is 2.28 bits per heavy atom. The number of H-pyrrole nitrogens is 1. The van der Waals surface area contributed by atoms with Gasteiger partial charge in [-0.3, -0.25) is 0 Å². The van der Waals surface area contributed by atoms with E-state index in [0.29, 0.717) is 12.0 Å². The molecule has 0 amide bonds. The molecule has 2 atom stereocenters. The predicted molar refractivity (Wildman–Crippen MR) is 73.9 cm³/mol. The maximum Gasteiger partial charge on any atom is 0.120 e. The van der Waals surface area contributed by atoms with Gasteiger partial charge in [-0.1, -0.05) is 6.42 Å². The number of ether oxygens (including phenoxy) is 1. The Hall–Kier alpha value is -1.48. The van der Waals surface area contributed by atoms with E-state index in [2.05, 4.69) is 17.2 Å². The van der Waals surface area contributed by atoms with Crippen LogP contribution in [0.5, 0.6) is 5.75 Å². The third-order valence-electron chi connectivity index (χ3n) is 4.17. The van der Waals surface area contributed by atoms with Gasteiger partial charge in [-0.05, 0) is 42.9 Å².